The van der Waals surface area contributed by atoms with E-state index in [4.69, 9.17) is 9.47 Å². The number of nitro groups is 1. The molecule has 2 aromatic carbocycles. The van der Waals surface area contributed by atoms with Crippen molar-refractivity contribution in [3.05, 3.63) is 68.1 Å². The number of ether oxygens (including phenoxy) is 2. The quantitative estimate of drug-likeness (QED) is 0.295. The van der Waals surface area contributed by atoms with Gasteiger partial charge in [0.2, 0.25) is 11.7 Å². The molecule has 0 spiro atoms. The SMILES string of the molecule is CCOc1cc(/C=N\NC(=O)CCc2nc3ccccc3[nH]c2=O)cc([N+](=O)[O-])c1OC. The van der Waals surface area contributed by atoms with E-state index < -0.39 is 10.8 Å². The number of hydrogen-bond acceptors (Lipinski definition) is 8. The first-order valence-corrected chi connectivity index (χ1v) is 9.72. The molecular weight excluding hydrogens is 418 g/mol. The van der Waals surface area contributed by atoms with Gasteiger partial charge in [-0.3, -0.25) is 19.7 Å². The second kappa shape index (κ2) is 10.2. The normalized spacial score (nSPS) is 10.9. The van der Waals surface area contributed by atoms with Crippen LogP contribution in [-0.2, 0) is 11.2 Å². The summed E-state index contributed by atoms with van der Waals surface area (Å²) in [6.45, 7) is 2.02. The lowest BCUT2D eigenvalue weighted by Gasteiger charge is -2.10. The number of aromatic amines is 1. The summed E-state index contributed by atoms with van der Waals surface area (Å²) in [6, 6.07) is 9.89. The molecule has 0 fully saturated rings. The first-order chi connectivity index (χ1) is 15.4. The summed E-state index contributed by atoms with van der Waals surface area (Å²) in [5, 5.41) is 15.2. The molecule has 3 rings (SSSR count). The number of hydrazone groups is 1. The number of nitro benzene ring substituents is 1. The average Bonchev–Trinajstić information content (AvgIpc) is 2.77. The van der Waals surface area contributed by atoms with Crippen LogP contribution in [0.2, 0.25) is 0 Å². The number of hydrogen-bond donors (Lipinski definition) is 2. The molecule has 3 aromatic rings. The van der Waals surface area contributed by atoms with Crippen molar-refractivity contribution >= 4 is 28.8 Å². The van der Waals surface area contributed by atoms with Crippen LogP contribution in [0.5, 0.6) is 11.5 Å². The van der Waals surface area contributed by atoms with E-state index in [1.807, 2.05) is 0 Å². The van der Waals surface area contributed by atoms with Crippen LogP contribution in [0, 0.1) is 10.1 Å². The molecule has 2 N–H and O–H groups in total. The number of carbonyl (C=O) groups is 1. The van der Waals surface area contributed by atoms with Crippen molar-refractivity contribution in [3.8, 4) is 11.5 Å². The number of amides is 1. The van der Waals surface area contributed by atoms with Crippen molar-refractivity contribution in [3.63, 3.8) is 0 Å². The summed E-state index contributed by atoms with van der Waals surface area (Å²) in [5.41, 5.74) is 3.54. The zero-order valence-electron chi connectivity index (χ0n) is 17.5. The third-order valence-electron chi connectivity index (χ3n) is 4.42. The average molecular weight is 439 g/mol. The minimum atomic E-state index is -0.592. The number of aryl methyl sites for hydroxylation is 1. The van der Waals surface area contributed by atoms with Crippen molar-refractivity contribution < 1.29 is 19.2 Å². The van der Waals surface area contributed by atoms with Crippen LogP contribution in [-0.4, -0.2) is 40.7 Å². The summed E-state index contributed by atoms with van der Waals surface area (Å²) in [5.74, 6) is -0.242. The lowest BCUT2D eigenvalue weighted by Crippen LogP contribution is -2.21. The van der Waals surface area contributed by atoms with Gasteiger partial charge in [-0.1, -0.05) is 12.1 Å². The van der Waals surface area contributed by atoms with Crippen LogP contribution in [0.1, 0.15) is 24.6 Å². The van der Waals surface area contributed by atoms with Crippen LogP contribution in [0.25, 0.3) is 11.0 Å². The van der Waals surface area contributed by atoms with Gasteiger partial charge in [0.15, 0.2) is 5.75 Å². The molecule has 0 aliphatic rings. The predicted octanol–water partition coefficient (Wildman–Crippen LogP) is 2.32. The number of nitrogens with zero attached hydrogens (tertiary/aromatic N) is 3. The molecule has 166 valence electrons. The van der Waals surface area contributed by atoms with E-state index in [1.165, 1.54) is 25.5 Å². The monoisotopic (exact) mass is 439 g/mol. The zero-order chi connectivity index (χ0) is 23.1. The first-order valence-electron chi connectivity index (χ1n) is 9.72. The Hall–Kier alpha value is -4.28. The highest BCUT2D eigenvalue weighted by Gasteiger charge is 2.21. The minimum Gasteiger partial charge on any atom is -0.490 e. The Kier molecular flexibility index (Phi) is 7.11. The van der Waals surface area contributed by atoms with Gasteiger partial charge in [0.05, 0.1) is 35.9 Å². The maximum Gasteiger partial charge on any atom is 0.315 e. The molecular formula is C21H21N5O6. The molecule has 1 aromatic heterocycles. The largest absolute Gasteiger partial charge is 0.490 e. The summed E-state index contributed by atoms with van der Waals surface area (Å²) in [7, 11) is 1.31. The summed E-state index contributed by atoms with van der Waals surface area (Å²) in [4.78, 5) is 42.0. The lowest BCUT2D eigenvalue weighted by atomic mass is 10.2. The van der Waals surface area contributed by atoms with E-state index in [9.17, 15) is 19.7 Å². The van der Waals surface area contributed by atoms with Crippen LogP contribution in [0.15, 0.2) is 46.3 Å². The fourth-order valence-electron chi connectivity index (χ4n) is 2.99. The van der Waals surface area contributed by atoms with Crippen LogP contribution in [0.4, 0.5) is 5.69 Å². The maximum absolute atomic E-state index is 12.1. The van der Waals surface area contributed by atoms with Crippen molar-refractivity contribution in [2.45, 2.75) is 19.8 Å². The van der Waals surface area contributed by atoms with Gasteiger partial charge in [0, 0.05) is 24.5 Å². The molecule has 0 aliphatic heterocycles. The van der Waals surface area contributed by atoms with Gasteiger partial charge in [-0.25, -0.2) is 10.4 Å². The van der Waals surface area contributed by atoms with E-state index in [1.54, 1.807) is 31.2 Å². The van der Waals surface area contributed by atoms with Crippen molar-refractivity contribution in [2.24, 2.45) is 5.10 Å². The number of para-hydroxylation sites is 2. The number of carbonyl (C=O) groups excluding carboxylic acids is 1. The Morgan fingerprint density at radius 1 is 1.34 bits per heavy atom. The van der Waals surface area contributed by atoms with Crippen molar-refractivity contribution in [1.82, 2.24) is 15.4 Å². The van der Waals surface area contributed by atoms with Gasteiger partial charge < -0.3 is 14.5 Å². The van der Waals surface area contributed by atoms with Gasteiger partial charge in [-0.2, -0.15) is 5.10 Å². The molecule has 0 unspecified atom stereocenters. The zero-order valence-corrected chi connectivity index (χ0v) is 17.5. The molecule has 1 heterocycles. The summed E-state index contributed by atoms with van der Waals surface area (Å²) >= 11 is 0. The number of fused-ring (bicyclic) bond motifs is 1. The molecule has 11 heteroatoms. The topological polar surface area (TPSA) is 149 Å². The Balaban J connectivity index is 1.67. The van der Waals surface area contributed by atoms with Gasteiger partial charge in [-0.05, 0) is 25.1 Å². The highest BCUT2D eigenvalue weighted by atomic mass is 16.6. The number of methoxy groups -OCH3 is 1. The van der Waals surface area contributed by atoms with E-state index >= 15 is 0 Å². The van der Waals surface area contributed by atoms with Gasteiger partial charge in [0.25, 0.3) is 5.56 Å². The third kappa shape index (κ3) is 5.25. The van der Waals surface area contributed by atoms with Gasteiger partial charge >= 0.3 is 5.69 Å². The van der Waals surface area contributed by atoms with Crippen LogP contribution in [0.3, 0.4) is 0 Å². The number of rotatable bonds is 9. The number of benzene rings is 2. The molecule has 0 atom stereocenters. The fraction of sp³-hybridized carbons (Fsp3) is 0.238. The molecule has 1 amide bonds. The van der Waals surface area contributed by atoms with Crippen molar-refractivity contribution in [2.75, 3.05) is 13.7 Å². The highest BCUT2D eigenvalue weighted by molar-refractivity contribution is 5.85. The summed E-state index contributed by atoms with van der Waals surface area (Å²) < 4.78 is 10.5. The minimum absolute atomic E-state index is 0.00569. The second-order valence-corrected chi connectivity index (χ2v) is 6.58. The molecule has 32 heavy (non-hydrogen) atoms. The van der Waals surface area contributed by atoms with Crippen LogP contribution < -0.4 is 20.5 Å². The van der Waals surface area contributed by atoms with Crippen molar-refractivity contribution in [1.29, 1.82) is 0 Å². The van der Waals surface area contributed by atoms with Crippen LogP contribution >= 0.6 is 0 Å². The third-order valence-corrected chi connectivity index (χ3v) is 4.42. The Bertz CT molecular complexity index is 1240. The first kappa shape index (κ1) is 22.4. The second-order valence-electron chi connectivity index (χ2n) is 6.58. The summed E-state index contributed by atoms with van der Waals surface area (Å²) in [6.07, 6.45) is 1.37. The number of nitrogens with one attached hydrogen (secondary N) is 2. The van der Waals surface area contributed by atoms with E-state index in [0.717, 1.165) is 0 Å². The molecule has 0 bridgehead atoms. The predicted molar refractivity (Wildman–Crippen MR) is 117 cm³/mol. The lowest BCUT2D eigenvalue weighted by molar-refractivity contribution is -0.385. The standard InChI is InChI=1S/C21H21N5O6/c1-3-32-18-11-13(10-17(26(29)30)20(18)31-2)12-22-25-19(27)9-8-16-21(28)24-15-7-5-4-6-14(15)23-16/h4-7,10-12H,3,8-9H2,1-2H3,(H,24,28)(H,25,27)/b22-12-. The Morgan fingerprint density at radius 2 is 2.12 bits per heavy atom. The smallest absolute Gasteiger partial charge is 0.315 e. The Morgan fingerprint density at radius 3 is 2.84 bits per heavy atom. The Labute approximate surface area is 182 Å². The molecule has 0 radical (unpaired) electrons. The number of H-pyrrole nitrogens is 1. The molecule has 0 saturated heterocycles. The van der Waals surface area contributed by atoms with E-state index in [0.29, 0.717) is 16.6 Å². The molecule has 0 aliphatic carbocycles. The molecule has 11 nitrogen and oxygen atoms in total. The molecule has 0 saturated carbocycles. The van der Waals surface area contributed by atoms with E-state index in [2.05, 4.69) is 20.5 Å². The van der Waals surface area contributed by atoms with Gasteiger partial charge in [-0.15, -0.1) is 0 Å². The van der Waals surface area contributed by atoms with Gasteiger partial charge in [0.1, 0.15) is 5.69 Å². The number of aromatic nitrogens is 2. The maximum atomic E-state index is 12.1. The fourth-order valence-corrected chi connectivity index (χ4v) is 2.99. The highest BCUT2D eigenvalue weighted by Crippen LogP contribution is 2.37. The van der Waals surface area contributed by atoms with E-state index in [-0.39, 0.29) is 47.9 Å².